The second-order valence-electron chi connectivity index (χ2n) is 4.54. The second kappa shape index (κ2) is 5.16. The molecule has 1 N–H and O–H groups in total. The quantitative estimate of drug-likeness (QED) is 0.869. The van der Waals surface area contributed by atoms with E-state index >= 15 is 0 Å². The van der Waals surface area contributed by atoms with Crippen molar-refractivity contribution in [1.29, 1.82) is 0 Å². The molecule has 0 bridgehead atoms. The summed E-state index contributed by atoms with van der Waals surface area (Å²) in [6.07, 6.45) is 5.21. The third-order valence-electron chi connectivity index (χ3n) is 3.07. The zero-order valence-corrected chi connectivity index (χ0v) is 11.1. The maximum Gasteiger partial charge on any atom is 0.229 e. The van der Waals surface area contributed by atoms with Crippen LogP contribution in [0, 0.1) is 0 Å². The Morgan fingerprint density at radius 1 is 1.56 bits per heavy atom. The molecule has 0 aromatic carbocycles. The maximum absolute atomic E-state index is 5.23. The van der Waals surface area contributed by atoms with Gasteiger partial charge in [-0.05, 0) is 19.3 Å². The predicted octanol–water partition coefficient (Wildman–Crippen LogP) is 2.64. The summed E-state index contributed by atoms with van der Waals surface area (Å²) in [5.74, 6) is 2.06. The summed E-state index contributed by atoms with van der Waals surface area (Å²) in [5, 5.41) is 10.5. The number of hydrogen-bond donors (Lipinski definition) is 1. The van der Waals surface area contributed by atoms with Crippen molar-refractivity contribution in [3.63, 3.8) is 0 Å². The normalized spacial score (nSPS) is 16.9. The van der Waals surface area contributed by atoms with Crippen molar-refractivity contribution in [2.24, 2.45) is 0 Å². The van der Waals surface area contributed by atoms with Crippen molar-refractivity contribution in [3.05, 3.63) is 28.3 Å². The lowest BCUT2D eigenvalue weighted by Crippen LogP contribution is -2.20. The Bertz CT molecular complexity index is 492. The first-order valence-electron chi connectivity index (χ1n) is 6.32. The molecule has 2 heterocycles. The van der Waals surface area contributed by atoms with Crippen molar-refractivity contribution < 1.29 is 4.52 Å². The Morgan fingerprint density at radius 2 is 2.44 bits per heavy atom. The van der Waals surface area contributed by atoms with E-state index in [2.05, 4.69) is 27.4 Å². The largest absolute Gasteiger partial charge is 0.339 e. The lowest BCUT2D eigenvalue weighted by molar-refractivity contribution is 0.370. The summed E-state index contributed by atoms with van der Waals surface area (Å²) in [6, 6.07) is 0.271. The van der Waals surface area contributed by atoms with Gasteiger partial charge in [0.2, 0.25) is 5.89 Å². The molecule has 0 aliphatic heterocycles. The first-order chi connectivity index (χ1) is 8.86. The molecule has 1 saturated carbocycles. The molecule has 5 nitrogen and oxygen atoms in total. The van der Waals surface area contributed by atoms with Gasteiger partial charge in [0, 0.05) is 17.5 Å². The van der Waals surface area contributed by atoms with E-state index in [0.29, 0.717) is 12.5 Å². The Hall–Kier alpha value is -1.27. The van der Waals surface area contributed by atoms with E-state index in [-0.39, 0.29) is 6.04 Å². The van der Waals surface area contributed by atoms with Gasteiger partial charge in [0.05, 0.1) is 12.6 Å². The summed E-state index contributed by atoms with van der Waals surface area (Å²) in [6.45, 7) is 2.78. The lowest BCUT2D eigenvalue weighted by atomic mass is 10.2. The minimum atomic E-state index is 0.271. The van der Waals surface area contributed by atoms with Gasteiger partial charge in [-0.25, -0.2) is 4.98 Å². The predicted molar refractivity (Wildman–Crippen MR) is 68.3 cm³/mol. The number of rotatable bonds is 6. The minimum absolute atomic E-state index is 0.271. The van der Waals surface area contributed by atoms with E-state index in [0.717, 1.165) is 23.1 Å². The summed E-state index contributed by atoms with van der Waals surface area (Å²) in [7, 11) is 0. The Kier molecular flexibility index (Phi) is 3.38. The molecule has 1 atom stereocenters. The molecule has 0 amide bonds. The topological polar surface area (TPSA) is 63.8 Å². The second-order valence-corrected chi connectivity index (χ2v) is 5.46. The van der Waals surface area contributed by atoms with Crippen LogP contribution < -0.4 is 5.32 Å². The molecule has 1 fully saturated rings. The van der Waals surface area contributed by atoms with Gasteiger partial charge in [0.15, 0.2) is 5.82 Å². The molecule has 3 rings (SSSR count). The Balaban J connectivity index is 1.58. The van der Waals surface area contributed by atoms with Gasteiger partial charge in [0.25, 0.3) is 0 Å². The monoisotopic (exact) mass is 264 g/mol. The molecule has 96 valence electrons. The van der Waals surface area contributed by atoms with Gasteiger partial charge in [-0.1, -0.05) is 12.1 Å². The van der Waals surface area contributed by atoms with Gasteiger partial charge in [-0.15, -0.1) is 11.3 Å². The molecule has 0 spiro atoms. The van der Waals surface area contributed by atoms with Crippen LogP contribution in [0.5, 0.6) is 0 Å². The lowest BCUT2D eigenvalue weighted by Gasteiger charge is -2.12. The average molecular weight is 264 g/mol. The van der Waals surface area contributed by atoms with E-state index < -0.39 is 0 Å². The van der Waals surface area contributed by atoms with Gasteiger partial charge in [-0.3, -0.25) is 0 Å². The van der Waals surface area contributed by atoms with Crippen LogP contribution in [0.15, 0.2) is 16.1 Å². The molecular weight excluding hydrogens is 248 g/mol. The fourth-order valence-corrected chi connectivity index (χ4v) is 2.66. The zero-order valence-electron chi connectivity index (χ0n) is 10.3. The summed E-state index contributed by atoms with van der Waals surface area (Å²) < 4.78 is 5.23. The van der Waals surface area contributed by atoms with Crippen molar-refractivity contribution in [1.82, 2.24) is 20.4 Å². The Morgan fingerprint density at radius 3 is 3.11 bits per heavy atom. The van der Waals surface area contributed by atoms with Crippen LogP contribution in [-0.2, 0) is 6.54 Å². The first-order valence-corrected chi connectivity index (χ1v) is 7.20. The standard InChI is InChI=1S/C12H16N4OS/c1-2-9(12-13-5-6-18-12)14-7-10-15-11(17-16-10)8-3-4-8/h5-6,8-9,14H,2-4,7H2,1H3/t9-/m1/s1. The highest BCUT2D eigenvalue weighted by atomic mass is 32.1. The van der Waals surface area contributed by atoms with Gasteiger partial charge in [-0.2, -0.15) is 4.98 Å². The Labute approximate surface area is 110 Å². The third kappa shape index (κ3) is 2.59. The van der Waals surface area contributed by atoms with Crippen LogP contribution in [-0.4, -0.2) is 15.1 Å². The van der Waals surface area contributed by atoms with Crippen molar-refractivity contribution >= 4 is 11.3 Å². The number of hydrogen-bond acceptors (Lipinski definition) is 6. The van der Waals surface area contributed by atoms with Crippen LogP contribution in [0.4, 0.5) is 0 Å². The highest BCUT2D eigenvalue weighted by Gasteiger charge is 2.29. The highest BCUT2D eigenvalue weighted by Crippen LogP contribution is 2.38. The highest BCUT2D eigenvalue weighted by molar-refractivity contribution is 7.09. The SMILES string of the molecule is CC[C@@H](NCc1noc(C2CC2)n1)c1nccs1. The molecular formula is C12H16N4OS. The van der Waals surface area contributed by atoms with Gasteiger partial charge in [0.1, 0.15) is 5.01 Å². The summed E-state index contributed by atoms with van der Waals surface area (Å²) in [4.78, 5) is 8.74. The smallest absolute Gasteiger partial charge is 0.229 e. The van der Waals surface area contributed by atoms with E-state index in [1.54, 1.807) is 11.3 Å². The maximum atomic E-state index is 5.23. The van der Waals surface area contributed by atoms with Gasteiger partial charge >= 0.3 is 0 Å². The third-order valence-corrected chi connectivity index (χ3v) is 3.96. The summed E-state index contributed by atoms with van der Waals surface area (Å²) >= 11 is 1.67. The molecule has 0 unspecified atom stereocenters. The minimum Gasteiger partial charge on any atom is -0.339 e. The molecule has 2 aromatic heterocycles. The number of aromatic nitrogens is 3. The van der Waals surface area contributed by atoms with Crippen LogP contribution in [0.1, 0.15) is 54.9 Å². The fraction of sp³-hybridized carbons (Fsp3) is 0.583. The van der Waals surface area contributed by atoms with Crippen molar-refractivity contribution in [2.45, 2.75) is 44.7 Å². The molecule has 0 radical (unpaired) electrons. The number of thiazole rings is 1. The molecule has 0 saturated heterocycles. The average Bonchev–Trinajstić information content (AvgIpc) is 2.93. The van der Waals surface area contributed by atoms with Gasteiger partial charge < -0.3 is 9.84 Å². The molecule has 2 aromatic rings. The molecule has 1 aliphatic carbocycles. The number of nitrogens with one attached hydrogen (secondary N) is 1. The van der Waals surface area contributed by atoms with Crippen LogP contribution >= 0.6 is 11.3 Å². The molecule has 18 heavy (non-hydrogen) atoms. The van der Waals surface area contributed by atoms with Crippen LogP contribution in [0.3, 0.4) is 0 Å². The van der Waals surface area contributed by atoms with Crippen molar-refractivity contribution in [2.75, 3.05) is 0 Å². The summed E-state index contributed by atoms with van der Waals surface area (Å²) in [5.41, 5.74) is 0. The van der Waals surface area contributed by atoms with Crippen molar-refractivity contribution in [3.8, 4) is 0 Å². The van der Waals surface area contributed by atoms with Crippen LogP contribution in [0.25, 0.3) is 0 Å². The molecule has 6 heteroatoms. The first kappa shape index (κ1) is 11.8. The van der Waals surface area contributed by atoms with E-state index in [1.165, 1.54) is 12.8 Å². The van der Waals surface area contributed by atoms with E-state index in [4.69, 9.17) is 4.52 Å². The van der Waals surface area contributed by atoms with E-state index in [9.17, 15) is 0 Å². The fourth-order valence-electron chi connectivity index (χ4n) is 1.86. The van der Waals surface area contributed by atoms with Crippen LogP contribution in [0.2, 0.25) is 0 Å². The number of nitrogens with zero attached hydrogens (tertiary/aromatic N) is 3. The van der Waals surface area contributed by atoms with E-state index in [1.807, 2.05) is 11.6 Å². The zero-order chi connectivity index (χ0) is 12.4. The molecule has 1 aliphatic rings.